The van der Waals surface area contributed by atoms with Crippen LogP contribution >= 0.6 is 22.6 Å². The van der Waals surface area contributed by atoms with Crippen LogP contribution in [0.25, 0.3) is 6.08 Å². The molecule has 1 fully saturated rings. The molecular weight excluding hydrogens is 419 g/mol. The molecule has 1 saturated heterocycles. The van der Waals surface area contributed by atoms with E-state index in [1.165, 1.54) is 20.3 Å². The highest BCUT2D eigenvalue weighted by Crippen LogP contribution is 2.34. The summed E-state index contributed by atoms with van der Waals surface area (Å²) in [5.41, 5.74) is 0.764. The zero-order valence-corrected chi connectivity index (χ0v) is 14.4. The summed E-state index contributed by atoms with van der Waals surface area (Å²) in [6, 6.07) is 2.78. The molecule has 9 heteroatoms. The first kappa shape index (κ1) is 17.1. The van der Waals surface area contributed by atoms with Crippen LogP contribution in [0.4, 0.5) is 4.79 Å². The molecular formula is C14H13IN2O6. The Morgan fingerprint density at radius 3 is 2.57 bits per heavy atom. The van der Waals surface area contributed by atoms with Crippen LogP contribution in [0.15, 0.2) is 17.8 Å². The highest BCUT2D eigenvalue weighted by atomic mass is 127. The summed E-state index contributed by atoms with van der Waals surface area (Å²) in [6.07, 6.45) is 1.51. The summed E-state index contributed by atoms with van der Waals surface area (Å²) < 4.78 is 15.8. The summed E-state index contributed by atoms with van der Waals surface area (Å²) in [4.78, 5) is 33.8. The maximum atomic E-state index is 11.5. The van der Waals surface area contributed by atoms with E-state index in [4.69, 9.17) is 9.47 Å². The topological polar surface area (TPSA) is 103 Å². The van der Waals surface area contributed by atoms with E-state index in [2.05, 4.69) is 15.4 Å². The van der Waals surface area contributed by atoms with E-state index in [1.54, 1.807) is 12.1 Å². The van der Waals surface area contributed by atoms with Gasteiger partial charge in [-0.25, -0.2) is 9.59 Å². The van der Waals surface area contributed by atoms with Gasteiger partial charge in [0.2, 0.25) is 0 Å². The van der Waals surface area contributed by atoms with Gasteiger partial charge in [-0.1, -0.05) is 0 Å². The number of halogens is 1. The number of amides is 3. The van der Waals surface area contributed by atoms with E-state index < -0.39 is 17.9 Å². The molecule has 0 aliphatic carbocycles. The van der Waals surface area contributed by atoms with Crippen molar-refractivity contribution in [1.29, 1.82) is 0 Å². The Morgan fingerprint density at radius 1 is 1.26 bits per heavy atom. The number of carbonyl (C=O) groups excluding carboxylic acids is 3. The van der Waals surface area contributed by atoms with Crippen molar-refractivity contribution in [3.63, 3.8) is 0 Å². The average Bonchev–Trinajstić information content (AvgIpc) is 2.82. The van der Waals surface area contributed by atoms with Crippen LogP contribution < -0.4 is 20.1 Å². The lowest BCUT2D eigenvalue weighted by Gasteiger charge is -2.13. The highest BCUT2D eigenvalue weighted by molar-refractivity contribution is 14.1. The Bertz CT molecular complexity index is 701. The van der Waals surface area contributed by atoms with E-state index in [-0.39, 0.29) is 12.3 Å². The van der Waals surface area contributed by atoms with Gasteiger partial charge in [-0.2, -0.15) is 0 Å². The normalized spacial score (nSPS) is 15.2. The number of benzene rings is 1. The molecule has 0 bridgehead atoms. The molecule has 2 N–H and O–H groups in total. The molecule has 0 saturated carbocycles. The number of hydrogen-bond donors (Lipinski definition) is 2. The average molecular weight is 432 g/mol. The summed E-state index contributed by atoms with van der Waals surface area (Å²) in [5.74, 6) is -0.243. The Morgan fingerprint density at radius 2 is 2.00 bits per heavy atom. The van der Waals surface area contributed by atoms with Gasteiger partial charge in [-0.15, -0.1) is 0 Å². The van der Waals surface area contributed by atoms with E-state index in [0.29, 0.717) is 20.6 Å². The molecule has 0 aromatic heterocycles. The zero-order chi connectivity index (χ0) is 17.0. The van der Waals surface area contributed by atoms with Crippen LogP contribution in [-0.4, -0.2) is 38.7 Å². The molecule has 1 aromatic carbocycles. The maximum absolute atomic E-state index is 11.5. The molecule has 3 amide bonds. The van der Waals surface area contributed by atoms with Gasteiger partial charge >= 0.3 is 12.0 Å². The van der Waals surface area contributed by atoms with Gasteiger partial charge in [0.25, 0.3) is 5.91 Å². The summed E-state index contributed by atoms with van der Waals surface area (Å²) in [5, 5.41) is 4.51. The molecule has 0 radical (unpaired) electrons. The van der Waals surface area contributed by atoms with Gasteiger partial charge < -0.3 is 19.5 Å². The predicted octanol–water partition coefficient (Wildman–Crippen LogP) is 1.03. The van der Waals surface area contributed by atoms with Crippen LogP contribution in [0, 0.1) is 3.57 Å². The third-order valence-electron chi connectivity index (χ3n) is 2.84. The number of esters is 1. The maximum Gasteiger partial charge on any atom is 0.343 e. The number of methoxy groups -OCH3 is 2. The Kier molecular flexibility index (Phi) is 5.42. The zero-order valence-electron chi connectivity index (χ0n) is 12.3. The van der Waals surface area contributed by atoms with Crippen molar-refractivity contribution in [1.82, 2.24) is 10.6 Å². The highest BCUT2D eigenvalue weighted by Gasteiger charge is 2.23. The minimum Gasteiger partial charge on any atom is -0.493 e. The number of ether oxygens (including phenoxy) is 3. The summed E-state index contributed by atoms with van der Waals surface area (Å²) >= 11 is 2.02. The van der Waals surface area contributed by atoms with Crippen molar-refractivity contribution in [3.05, 3.63) is 27.0 Å². The molecule has 0 atom stereocenters. The van der Waals surface area contributed by atoms with E-state index in [0.717, 1.165) is 0 Å². The lowest BCUT2D eigenvalue weighted by atomic mass is 10.1. The van der Waals surface area contributed by atoms with Crippen molar-refractivity contribution in [3.8, 4) is 11.5 Å². The number of rotatable bonds is 5. The minimum atomic E-state index is -0.569. The predicted molar refractivity (Wildman–Crippen MR) is 87.9 cm³/mol. The molecule has 1 heterocycles. The smallest absolute Gasteiger partial charge is 0.343 e. The van der Waals surface area contributed by atoms with Crippen LogP contribution in [-0.2, 0) is 14.3 Å². The molecule has 8 nitrogen and oxygen atoms in total. The van der Waals surface area contributed by atoms with Crippen LogP contribution in [0.3, 0.4) is 0 Å². The van der Waals surface area contributed by atoms with Crippen molar-refractivity contribution in [2.75, 3.05) is 20.8 Å². The molecule has 0 unspecified atom stereocenters. The van der Waals surface area contributed by atoms with E-state index in [9.17, 15) is 14.4 Å². The summed E-state index contributed by atoms with van der Waals surface area (Å²) in [6.45, 7) is -0.248. The van der Waals surface area contributed by atoms with Crippen molar-refractivity contribution in [2.45, 2.75) is 0 Å². The van der Waals surface area contributed by atoms with E-state index >= 15 is 0 Å². The first-order chi connectivity index (χ1) is 10.9. The minimum absolute atomic E-state index is 0.135. The second-order valence-electron chi connectivity index (χ2n) is 4.37. The lowest BCUT2D eigenvalue weighted by Crippen LogP contribution is -2.22. The second-order valence-corrected chi connectivity index (χ2v) is 5.53. The molecule has 1 aliphatic heterocycles. The standard InChI is InChI=1S/C14H13IN2O6/c1-21-10-5-7(4-9-13(19)17-14(20)16-9)3-8(15)12(10)23-6-11(18)22-2/h3-5H,6H2,1-2H3,(H2,16,17,19,20). The number of imide groups is 1. The Hall–Kier alpha value is -2.30. The fourth-order valence-electron chi connectivity index (χ4n) is 1.80. The Balaban J connectivity index is 2.29. The van der Waals surface area contributed by atoms with Gasteiger partial charge in [0.1, 0.15) is 5.70 Å². The molecule has 0 spiro atoms. The molecule has 1 aliphatic rings. The van der Waals surface area contributed by atoms with Gasteiger partial charge in [-0.05, 0) is 46.4 Å². The van der Waals surface area contributed by atoms with Gasteiger partial charge in [0.05, 0.1) is 17.8 Å². The summed E-state index contributed by atoms with van der Waals surface area (Å²) in [7, 11) is 2.72. The van der Waals surface area contributed by atoms with Crippen LogP contribution in [0.1, 0.15) is 5.56 Å². The fraction of sp³-hybridized carbons (Fsp3) is 0.214. The molecule has 122 valence electrons. The third kappa shape index (κ3) is 4.12. The van der Waals surface area contributed by atoms with E-state index in [1.807, 2.05) is 22.6 Å². The lowest BCUT2D eigenvalue weighted by molar-refractivity contribution is -0.143. The number of carbonyl (C=O) groups is 3. The first-order valence-electron chi connectivity index (χ1n) is 6.35. The largest absolute Gasteiger partial charge is 0.493 e. The quantitative estimate of drug-likeness (QED) is 0.312. The molecule has 1 aromatic rings. The van der Waals surface area contributed by atoms with Gasteiger partial charge in [-0.3, -0.25) is 10.1 Å². The van der Waals surface area contributed by atoms with Crippen molar-refractivity contribution < 1.29 is 28.6 Å². The third-order valence-corrected chi connectivity index (χ3v) is 3.65. The second kappa shape index (κ2) is 7.31. The number of hydrogen-bond acceptors (Lipinski definition) is 6. The molecule has 2 rings (SSSR count). The SMILES string of the molecule is COC(=O)COc1c(I)cc(C=C2NC(=O)NC2=O)cc1OC. The van der Waals surface area contributed by atoms with Crippen molar-refractivity contribution in [2.24, 2.45) is 0 Å². The van der Waals surface area contributed by atoms with Crippen LogP contribution in [0.5, 0.6) is 11.5 Å². The van der Waals surface area contributed by atoms with Gasteiger partial charge in [0, 0.05) is 0 Å². The van der Waals surface area contributed by atoms with Crippen LogP contribution in [0.2, 0.25) is 0 Å². The number of nitrogens with one attached hydrogen (secondary N) is 2. The van der Waals surface area contributed by atoms with Gasteiger partial charge in [0.15, 0.2) is 18.1 Å². The first-order valence-corrected chi connectivity index (χ1v) is 7.43. The Labute approximate surface area is 145 Å². The molecule has 23 heavy (non-hydrogen) atoms. The van der Waals surface area contributed by atoms with Crippen molar-refractivity contribution >= 4 is 46.6 Å². The fourth-order valence-corrected chi connectivity index (χ4v) is 2.58. The number of urea groups is 1. The monoisotopic (exact) mass is 432 g/mol.